The molecule has 8 heteroatoms. The van der Waals surface area contributed by atoms with Crippen LogP contribution in [0.1, 0.15) is 23.0 Å². The van der Waals surface area contributed by atoms with Crippen molar-refractivity contribution in [3.05, 3.63) is 17.5 Å². The van der Waals surface area contributed by atoms with Gasteiger partial charge in [-0.2, -0.15) is 9.50 Å². The molecule has 0 amide bonds. The minimum Gasteiger partial charge on any atom is -0.462 e. The van der Waals surface area contributed by atoms with E-state index in [0.717, 1.165) is 0 Å². The summed E-state index contributed by atoms with van der Waals surface area (Å²) >= 11 is 1.41. The number of nitrogens with zero attached hydrogens (tertiary/aromatic N) is 4. The number of hydrogen-bond acceptors (Lipinski definition) is 7. The predicted molar refractivity (Wildman–Crippen MR) is 69.2 cm³/mol. The molecule has 2 aromatic rings. The second-order valence-corrected chi connectivity index (χ2v) is 4.36. The summed E-state index contributed by atoms with van der Waals surface area (Å²) in [5.41, 5.74) is 0.924. The smallest absolute Gasteiger partial charge is 0.341 e. The predicted octanol–water partition coefficient (Wildman–Crippen LogP) is 1.17. The standard InChI is InChI=1S/C11H14N4O3S/c1-4-18-9(16)7-5-12-10-13-11(19-3)14-15(10)8(7)6-17-2/h5H,4,6H2,1-3H3. The van der Waals surface area contributed by atoms with Gasteiger partial charge in [0.1, 0.15) is 5.56 Å². The Morgan fingerprint density at radius 3 is 2.95 bits per heavy atom. The Morgan fingerprint density at radius 1 is 1.53 bits per heavy atom. The van der Waals surface area contributed by atoms with Gasteiger partial charge < -0.3 is 9.47 Å². The third-order valence-corrected chi connectivity index (χ3v) is 2.94. The minimum absolute atomic E-state index is 0.227. The van der Waals surface area contributed by atoms with E-state index in [1.165, 1.54) is 22.5 Å². The minimum atomic E-state index is -0.440. The molecule has 7 nitrogen and oxygen atoms in total. The number of hydrogen-bond donors (Lipinski definition) is 0. The molecule has 2 rings (SSSR count). The van der Waals surface area contributed by atoms with Crippen LogP contribution >= 0.6 is 11.8 Å². The molecule has 0 N–H and O–H groups in total. The molecule has 19 heavy (non-hydrogen) atoms. The molecule has 0 saturated heterocycles. The first kappa shape index (κ1) is 13.8. The van der Waals surface area contributed by atoms with Crippen molar-refractivity contribution in [1.82, 2.24) is 19.6 Å². The van der Waals surface area contributed by atoms with E-state index in [2.05, 4.69) is 15.1 Å². The van der Waals surface area contributed by atoms with E-state index in [9.17, 15) is 4.79 Å². The summed E-state index contributed by atoms with van der Waals surface area (Å²) < 4.78 is 11.6. The fourth-order valence-electron chi connectivity index (χ4n) is 1.60. The molecule has 2 heterocycles. The Balaban J connectivity index is 2.57. The van der Waals surface area contributed by atoms with Gasteiger partial charge in [0, 0.05) is 13.3 Å². The van der Waals surface area contributed by atoms with Gasteiger partial charge in [-0.15, -0.1) is 5.10 Å². The average Bonchev–Trinajstić information content (AvgIpc) is 2.83. The van der Waals surface area contributed by atoms with E-state index in [4.69, 9.17) is 9.47 Å². The van der Waals surface area contributed by atoms with Gasteiger partial charge in [-0.25, -0.2) is 9.78 Å². The molecule has 0 radical (unpaired) electrons. The number of esters is 1. The van der Waals surface area contributed by atoms with Gasteiger partial charge in [0.2, 0.25) is 5.16 Å². The normalized spacial score (nSPS) is 10.9. The number of ether oxygens (including phenoxy) is 2. The topological polar surface area (TPSA) is 78.6 Å². The first-order valence-corrected chi connectivity index (χ1v) is 6.88. The number of methoxy groups -OCH3 is 1. The van der Waals surface area contributed by atoms with Crippen LogP contribution in [0.15, 0.2) is 11.4 Å². The van der Waals surface area contributed by atoms with Crippen molar-refractivity contribution in [3.63, 3.8) is 0 Å². The number of carbonyl (C=O) groups is 1. The maximum absolute atomic E-state index is 11.9. The maximum Gasteiger partial charge on any atom is 0.341 e. The first-order valence-electron chi connectivity index (χ1n) is 5.66. The Labute approximate surface area is 114 Å². The highest BCUT2D eigenvalue weighted by Crippen LogP contribution is 2.15. The van der Waals surface area contributed by atoms with Crippen molar-refractivity contribution in [2.75, 3.05) is 20.0 Å². The van der Waals surface area contributed by atoms with Crippen LogP contribution in [0.3, 0.4) is 0 Å². The van der Waals surface area contributed by atoms with E-state index in [1.807, 2.05) is 6.26 Å². The van der Waals surface area contributed by atoms with E-state index in [1.54, 1.807) is 14.0 Å². The molecule has 0 saturated carbocycles. The van der Waals surface area contributed by atoms with Crippen LogP contribution in [0.5, 0.6) is 0 Å². The fourth-order valence-corrected chi connectivity index (χ4v) is 1.94. The van der Waals surface area contributed by atoms with E-state index >= 15 is 0 Å². The molecule has 0 atom stereocenters. The maximum atomic E-state index is 11.9. The van der Waals surface area contributed by atoms with Gasteiger partial charge in [-0.3, -0.25) is 0 Å². The number of thioether (sulfide) groups is 1. The van der Waals surface area contributed by atoms with Gasteiger partial charge >= 0.3 is 5.97 Å². The number of carbonyl (C=O) groups excluding carboxylic acids is 1. The lowest BCUT2D eigenvalue weighted by molar-refractivity contribution is 0.0519. The monoisotopic (exact) mass is 282 g/mol. The van der Waals surface area contributed by atoms with Gasteiger partial charge in [0.25, 0.3) is 5.78 Å². The van der Waals surface area contributed by atoms with Gasteiger partial charge in [-0.1, -0.05) is 11.8 Å². The second-order valence-electron chi connectivity index (χ2n) is 3.58. The lowest BCUT2D eigenvalue weighted by Crippen LogP contribution is -2.14. The summed E-state index contributed by atoms with van der Waals surface area (Å²) in [6.07, 6.45) is 3.32. The molecule has 102 valence electrons. The largest absolute Gasteiger partial charge is 0.462 e. The van der Waals surface area contributed by atoms with Crippen molar-refractivity contribution in [3.8, 4) is 0 Å². The zero-order valence-corrected chi connectivity index (χ0v) is 11.7. The first-order chi connectivity index (χ1) is 9.21. The molecule has 0 aliphatic heterocycles. The Morgan fingerprint density at radius 2 is 2.32 bits per heavy atom. The van der Waals surface area contributed by atoms with E-state index < -0.39 is 5.97 Å². The molecular formula is C11H14N4O3S. The van der Waals surface area contributed by atoms with Crippen molar-refractivity contribution in [2.24, 2.45) is 0 Å². The molecule has 0 aliphatic carbocycles. The van der Waals surface area contributed by atoms with Gasteiger partial charge in [0.15, 0.2) is 0 Å². The summed E-state index contributed by atoms with van der Waals surface area (Å²) in [7, 11) is 1.55. The summed E-state index contributed by atoms with van der Waals surface area (Å²) in [6.45, 7) is 2.28. The van der Waals surface area contributed by atoms with Crippen LogP contribution in [-0.4, -0.2) is 45.5 Å². The Hall–Kier alpha value is -1.67. The highest BCUT2D eigenvalue weighted by Gasteiger charge is 2.18. The molecule has 2 aromatic heterocycles. The van der Waals surface area contributed by atoms with Crippen LogP contribution in [-0.2, 0) is 16.1 Å². The SMILES string of the molecule is CCOC(=O)c1cnc2nc(SC)nn2c1COC. The fraction of sp³-hybridized carbons (Fsp3) is 0.455. The van der Waals surface area contributed by atoms with Crippen molar-refractivity contribution < 1.29 is 14.3 Å². The van der Waals surface area contributed by atoms with Crippen molar-refractivity contribution >= 4 is 23.5 Å². The molecule has 0 spiro atoms. The zero-order valence-electron chi connectivity index (χ0n) is 10.9. The summed E-state index contributed by atoms with van der Waals surface area (Å²) in [4.78, 5) is 20.2. The van der Waals surface area contributed by atoms with Crippen LogP contribution in [0.2, 0.25) is 0 Å². The highest BCUT2D eigenvalue weighted by molar-refractivity contribution is 7.98. The summed E-state index contributed by atoms with van der Waals surface area (Å²) in [5.74, 6) is -0.00500. The van der Waals surface area contributed by atoms with Crippen LogP contribution < -0.4 is 0 Å². The molecular weight excluding hydrogens is 268 g/mol. The van der Waals surface area contributed by atoms with E-state index in [-0.39, 0.29) is 6.61 Å². The number of aromatic nitrogens is 4. The lowest BCUT2D eigenvalue weighted by atomic mass is 10.2. The molecule has 0 aliphatic rings. The van der Waals surface area contributed by atoms with Crippen molar-refractivity contribution in [2.45, 2.75) is 18.7 Å². The summed E-state index contributed by atoms with van der Waals surface area (Å²) in [6, 6.07) is 0. The van der Waals surface area contributed by atoms with Crippen LogP contribution in [0.4, 0.5) is 0 Å². The van der Waals surface area contributed by atoms with E-state index in [0.29, 0.717) is 28.8 Å². The third kappa shape index (κ3) is 2.69. The molecule has 0 aromatic carbocycles. The van der Waals surface area contributed by atoms with Gasteiger partial charge in [-0.05, 0) is 13.2 Å². The van der Waals surface area contributed by atoms with Gasteiger partial charge in [0.05, 0.1) is 18.9 Å². The van der Waals surface area contributed by atoms with Crippen LogP contribution in [0, 0.1) is 0 Å². The van der Waals surface area contributed by atoms with Crippen molar-refractivity contribution in [1.29, 1.82) is 0 Å². The molecule has 0 fully saturated rings. The zero-order chi connectivity index (χ0) is 13.8. The second kappa shape index (κ2) is 5.98. The number of rotatable bonds is 5. The lowest BCUT2D eigenvalue weighted by Gasteiger charge is -2.08. The van der Waals surface area contributed by atoms with Crippen LogP contribution in [0.25, 0.3) is 5.78 Å². The summed E-state index contributed by atoms with van der Waals surface area (Å²) in [5, 5.41) is 4.86. The Kier molecular flexibility index (Phi) is 4.33. The number of fused-ring (bicyclic) bond motifs is 1. The Bertz CT molecular complexity index is 599. The third-order valence-electron chi connectivity index (χ3n) is 2.41. The molecule has 0 bridgehead atoms. The quantitative estimate of drug-likeness (QED) is 0.601. The molecule has 0 unspecified atom stereocenters. The average molecular weight is 282 g/mol. The highest BCUT2D eigenvalue weighted by atomic mass is 32.2.